The van der Waals surface area contributed by atoms with Crippen molar-refractivity contribution in [3.63, 3.8) is 0 Å². The maximum Gasteiger partial charge on any atom is 0.0199 e. The highest BCUT2D eigenvalue weighted by Gasteiger charge is 2.31. The maximum absolute atomic E-state index is 2.45. The maximum atomic E-state index is 2.45. The standard InChI is InChI=1S/C106H86/c1-103(2,3)81-53-73-33-29-69-37-45-85(89-49-41-77(57-81)95(73)99(69)89)61-13-21-65(22-14-61)93(66-23-15-62(16-24-66)86-46-38-70-30-34-74-54-82(104(4,5)6)58-78-42-50-90(86)100(70)96(74)78)94(67-25-17-63(18-26-67)87-47-39-71-31-35-75-55-83(105(7,8)9)59-79-43-51-91(87)101(71)97(75)79)68-27-19-64(20-28-68)88-48-40-72-32-36-76-56-84(106(10,11)12)60-80-44-52-92(88)102(72)98(76)80/h13-60,93-94H,1-12H3. The van der Waals surface area contributed by atoms with Crippen LogP contribution in [0.15, 0.2) is 291 Å². The van der Waals surface area contributed by atoms with Crippen molar-refractivity contribution in [3.05, 3.63) is 336 Å². The average Bonchev–Trinajstić information content (AvgIpc) is 0.744. The van der Waals surface area contributed by atoms with Crippen molar-refractivity contribution in [2.24, 2.45) is 0 Å². The molecule has 106 heavy (non-hydrogen) atoms. The molecule has 0 unspecified atom stereocenters. The molecule has 0 aliphatic heterocycles. The minimum atomic E-state index is -0.100. The van der Waals surface area contributed by atoms with Crippen LogP contribution in [0.1, 0.15) is 139 Å². The van der Waals surface area contributed by atoms with E-state index in [-0.39, 0.29) is 33.5 Å². The van der Waals surface area contributed by atoms with E-state index in [2.05, 4.69) is 374 Å². The van der Waals surface area contributed by atoms with Gasteiger partial charge in [0.15, 0.2) is 0 Å². The van der Waals surface area contributed by atoms with Crippen LogP contribution in [0.5, 0.6) is 0 Å². The van der Waals surface area contributed by atoms with Gasteiger partial charge in [0.05, 0.1) is 0 Å². The molecule has 0 heterocycles. The van der Waals surface area contributed by atoms with Gasteiger partial charge in [-0.2, -0.15) is 0 Å². The van der Waals surface area contributed by atoms with Gasteiger partial charge in [-0.15, -0.1) is 0 Å². The second-order valence-corrected chi connectivity index (χ2v) is 35.2. The van der Waals surface area contributed by atoms with Gasteiger partial charge >= 0.3 is 0 Å². The Morgan fingerprint density at radius 1 is 0.160 bits per heavy atom. The van der Waals surface area contributed by atoms with Crippen LogP contribution < -0.4 is 0 Å². The third kappa shape index (κ3) is 10.1. The van der Waals surface area contributed by atoms with Gasteiger partial charge in [0.2, 0.25) is 0 Å². The SMILES string of the molecule is CC(C)(C)c1cc2ccc3ccc(-c4ccc(C(c5ccc(-c6ccc7ccc8cc(C(C)(C)C)cc9ccc6c7c89)cc5)C(c5ccc(-c6ccc7ccc8cc(C(C)(C)C)cc9ccc6c7c89)cc5)c5ccc(-c6ccc7ccc8cc(C(C)(C)C)cc9ccc6c7c89)cc5)cc4)c4ccc(c1)c2c34. The minimum absolute atomic E-state index is 0.0402. The molecule has 0 aliphatic carbocycles. The normalized spacial score (nSPS) is 13.1. The molecule has 0 spiro atoms. The zero-order valence-electron chi connectivity index (χ0n) is 62.9. The number of rotatable bonds is 9. The smallest absolute Gasteiger partial charge is 0.0199 e. The fraction of sp³-hybridized carbons (Fsp3) is 0.170. The summed E-state index contributed by atoms with van der Waals surface area (Å²) in [5.41, 5.74) is 20.5. The van der Waals surface area contributed by atoms with Crippen molar-refractivity contribution in [2.45, 2.75) is 117 Å². The summed E-state index contributed by atoms with van der Waals surface area (Å²) in [4.78, 5) is 0. The van der Waals surface area contributed by atoms with E-state index in [0.717, 1.165) is 0 Å². The predicted molar refractivity (Wildman–Crippen MR) is 461 cm³/mol. The Morgan fingerprint density at radius 2 is 0.321 bits per heavy atom. The van der Waals surface area contributed by atoms with E-state index in [9.17, 15) is 0 Å². The van der Waals surface area contributed by atoms with Crippen molar-refractivity contribution < 1.29 is 0 Å². The Morgan fingerprint density at radius 3 is 0.500 bits per heavy atom. The molecule has 0 heteroatoms. The Balaban J connectivity index is 0.765. The van der Waals surface area contributed by atoms with E-state index in [1.54, 1.807) is 0 Å². The summed E-state index contributed by atoms with van der Waals surface area (Å²) in [5, 5.41) is 31.5. The van der Waals surface area contributed by atoms with Crippen molar-refractivity contribution in [1.29, 1.82) is 0 Å². The predicted octanol–water partition coefficient (Wildman–Crippen LogP) is 30.1. The number of benzene rings is 20. The molecule has 0 saturated carbocycles. The van der Waals surface area contributed by atoms with Gasteiger partial charge in [0, 0.05) is 11.8 Å². The lowest BCUT2D eigenvalue weighted by molar-refractivity contribution is 0.591. The van der Waals surface area contributed by atoms with Crippen molar-refractivity contribution in [2.75, 3.05) is 0 Å². The fourth-order valence-electron chi connectivity index (χ4n) is 18.7. The van der Waals surface area contributed by atoms with Gasteiger partial charge in [0.1, 0.15) is 0 Å². The highest BCUT2D eigenvalue weighted by atomic mass is 14.3. The Hall–Kier alpha value is -11.4. The lowest BCUT2D eigenvalue weighted by Gasteiger charge is -2.30. The van der Waals surface area contributed by atoms with E-state index in [1.807, 2.05) is 0 Å². The van der Waals surface area contributed by atoms with E-state index in [4.69, 9.17) is 0 Å². The Kier molecular flexibility index (Phi) is 13.9. The van der Waals surface area contributed by atoms with E-state index in [1.165, 1.54) is 218 Å². The van der Waals surface area contributed by atoms with Gasteiger partial charge < -0.3 is 0 Å². The number of hydrogen-bond donors (Lipinski definition) is 0. The molecule has 0 N–H and O–H groups in total. The molecule has 20 aromatic carbocycles. The molecular formula is C106H86. The van der Waals surface area contributed by atoms with Gasteiger partial charge in [-0.25, -0.2) is 0 Å². The first kappa shape index (κ1) is 64.2. The van der Waals surface area contributed by atoms with E-state index in [0.29, 0.717) is 0 Å². The second-order valence-electron chi connectivity index (χ2n) is 35.2. The molecule has 0 bridgehead atoms. The molecule has 0 fully saturated rings. The van der Waals surface area contributed by atoms with Crippen molar-refractivity contribution in [3.8, 4) is 44.5 Å². The third-order valence-corrected chi connectivity index (χ3v) is 24.5. The molecular weight excluding hydrogens is 1270 g/mol. The fourth-order valence-corrected chi connectivity index (χ4v) is 18.7. The summed E-state index contributed by atoms with van der Waals surface area (Å²) in [7, 11) is 0. The van der Waals surface area contributed by atoms with Crippen LogP contribution in [0.3, 0.4) is 0 Å². The summed E-state index contributed by atoms with van der Waals surface area (Å²) >= 11 is 0. The van der Waals surface area contributed by atoms with Gasteiger partial charge in [-0.05, 0) is 240 Å². The zero-order valence-corrected chi connectivity index (χ0v) is 62.9. The minimum Gasteiger partial charge on any atom is -0.0578 e. The molecule has 510 valence electrons. The number of hydrogen-bond acceptors (Lipinski definition) is 0. The molecule has 20 rings (SSSR count). The van der Waals surface area contributed by atoms with Crippen LogP contribution in [0.4, 0.5) is 0 Å². The van der Waals surface area contributed by atoms with Gasteiger partial charge in [-0.3, -0.25) is 0 Å². The zero-order chi connectivity index (χ0) is 72.2. The Bertz CT molecular complexity index is 5990. The first-order valence-corrected chi connectivity index (χ1v) is 38.3. The highest BCUT2D eigenvalue weighted by Crippen LogP contribution is 2.51. The van der Waals surface area contributed by atoms with Crippen LogP contribution in [0.25, 0.3) is 174 Å². The first-order chi connectivity index (χ1) is 51.0. The lowest BCUT2D eigenvalue weighted by atomic mass is 9.73. The first-order valence-electron chi connectivity index (χ1n) is 38.3. The molecule has 20 aromatic rings. The van der Waals surface area contributed by atoms with E-state index < -0.39 is 0 Å². The van der Waals surface area contributed by atoms with Crippen LogP contribution in [-0.2, 0) is 21.7 Å². The topological polar surface area (TPSA) is 0 Å². The second kappa shape index (κ2) is 23.0. The molecule has 0 aliphatic rings. The summed E-state index contributed by atoms with van der Waals surface area (Å²) < 4.78 is 0. The third-order valence-electron chi connectivity index (χ3n) is 24.5. The van der Waals surface area contributed by atoms with Gasteiger partial charge in [-0.1, -0.05) is 374 Å². The van der Waals surface area contributed by atoms with Crippen molar-refractivity contribution in [1.82, 2.24) is 0 Å². The molecule has 0 aromatic heterocycles. The van der Waals surface area contributed by atoms with Crippen LogP contribution in [0, 0.1) is 0 Å². The monoisotopic (exact) mass is 1360 g/mol. The van der Waals surface area contributed by atoms with Crippen LogP contribution >= 0.6 is 0 Å². The summed E-state index contributed by atoms with van der Waals surface area (Å²) in [5.74, 6) is -0.201. The molecule has 0 atom stereocenters. The molecule has 0 amide bonds. The highest BCUT2D eigenvalue weighted by molar-refractivity contribution is 6.29. The molecule has 0 nitrogen and oxygen atoms in total. The molecule has 0 radical (unpaired) electrons. The van der Waals surface area contributed by atoms with Crippen molar-refractivity contribution >= 4 is 129 Å². The summed E-state index contributed by atoms with van der Waals surface area (Å²) in [6.07, 6.45) is 0. The summed E-state index contributed by atoms with van der Waals surface area (Å²) in [6.45, 7) is 27.8. The largest absolute Gasteiger partial charge is 0.0578 e. The van der Waals surface area contributed by atoms with Gasteiger partial charge in [0.25, 0.3) is 0 Å². The van der Waals surface area contributed by atoms with Crippen LogP contribution in [-0.4, -0.2) is 0 Å². The average molecular weight is 1360 g/mol. The lowest BCUT2D eigenvalue weighted by Crippen LogP contribution is -2.15. The summed E-state index contributed by atoms with van der Waals surface area (Å²) in [6, 6.07) is 115. The Labute approximate surface area is 621 Å². The quantitative estimate of drug-likeness (QED) is 0.126. The van der Waals surface area contributed by atoms with Crippen LogP contribution in [0.2, 0.25) is 0 Å². The molecule has 0 saturated heterocycles. The van der Waals surface area contributed by atoms with E-state index >= 15 is 0 Å².